The maximum atomic E-state index is 13.2. The van der Waals surface area contributed by atoms with E-state index >= 15 is 0 Å². The molecular formula is C29H35N3O6S2. The molecule has 0 saturated carbocycles. The van der Waals surface area contributed by atoms with E-state index in [0.717, 1.165) is 10.4 Å². The van der Waals surface area contributed by atoms with Crippen molar-refractivity contribution in [1.29, 1.82) is 0 Å². The summed E-state index contributed by atoms with van der Waals surface area (Å²) in [5.41, 5.74) is 1.23. The van der Waals surface area contributed by atoms with Gasteiger partial charge < -0.3 is 14.8 Å². The van der Waals surface area contributed by atoms with Gasteiger partial charge in [0.25, 0.3) is 5.91 Å². The molecule has 0 aliphatic carbocycles. The lowest BCUT2D eigenvalue weighted by molar-refractivity contribution is 0.0603. The van der Waals surface area contributed by atoms with E-state index in [1.807, 2.05) is 23.6 Å². The highest BCUT2D eigenvalue weighted by Crippen LogP contribution is 2.32. The molecule has 9 nitrogen and oxygen atoms in total. The smallest absolute Gasteiger partial charge is 0.442 e. The van der Waals surface area contributed by atoms with Gasteiger partial charge in [-0.25, -0.2) is 13.8 Å². The summed E-state index contributed by atoms with van der Waals surface area (Å²) >= 11 is 1.55. The number of ether oxygens (including phenoxy) is 2. The first kappa shape index (κ1) is 30.8. The zero-order chi connectivity index (χ0) is 29.7. The highest BCUT2D eigenvalue weighted by Gasteiger charge is 2.20. The molecule has 11 heteroatoms. The Morgan fingerprint density at radius 3 is 2.10 bits per heavy atom. The Balaban J connectivity index is 1.79. The van der Waals surface area contributed by atoms with Crippen LogP contribution in [0.4, 0.5) is 21.0 Å². The minimum Gasteiger partial charge on any atom is -0.444 e. The first-order chi connectivity index (χ1) is 18.5. The predicted octanol–water partition coefficient (Wildman–Crippen LogP) is 7.55. The van der Waals surface area contributed by atoms with Crippen molar-refractivity contribution < 1.29 is 28.1 Å². The molecule has 1 heterocycles. The van der Waals surface area contributed by atoms with Crippen molar-refractivity contribution in [2.45, 2.75) is 58.5 Å². The number of nitrogens with one attached hydrogen (secondary N) is 2. The van der Waals surface area contributed by atoms with Crippen LogP contribution in [-0.4, -0.2) is 39.8 Å². The third-order valence-electron chi connectivity index (χ3n) is 5.02. The number of carbonyl (C=O) groups is 3. The maximum absolute atomic E-state index is 13.2. The Bertz CT molecular complexity index is 1490. The van der Waals surface area contributed by atoms with E-state index in [2.05, 4.69) is 15.0 Å². The summed E-state index contributed by atoms with van der Waals surface area (Å²) in [5.74, 6) is -0.390. The number of anilines is 2. The standard InChI is InChI=1S/C29H35N3O6S2/c1-28(2,3)37-26(34)31-22-15-14-21(24-9-8-16-39-24)17-23(22)30-25(33)20-12-10-19(11-13-20)18-40(7,36)32-27(35)38-29(4,5)6/h8-17H,18H2,1-7H3,(H,30,33)(H,31,34). The molecule has 3 rings (SSSR count). The van der Waals surface area contributed by atoms with Crippen molar-refractivity contribution in [3.63, 3.8) is 0 Å². The van der Waals surface area contributed by atoms with Crippen molar-refractivity contribution in [2.24, 2.45) is 4.36 Å². The van der Waals surface area contributed by atoms with Crippen LogP contribution < -0.4 is 10.6 Å². The van der Waals surface area contributed by atoms with Crippen molar-refractivity contribution in [2.75, 3.05) is 16.9 Å². The van der Waals surface area contributed by atoms with Crippen LogP contribution in [0.5, 0.6) is 0 Å². The fourth-order valence-corrected chi connectivity index (χ4v) is 5.44. The van der Waals surface area contributed by atoms with Crippen LogP contribution in [-0.2, 0) is 25.0 Å². The molecule has 40 heavy (non-hydrogen) atoms. The molecule has 3 amide bonds. The van der Waals surface area contributed by atoms with Gasteiger partial charge in [-0.15, -0.1) is 15.7 Å². The SMILES string of the molecule is CC(C)(C)OC(=O)N=S(C)(=O)Cc1ccc(C(=O)Nc2cc(-c3cccs3)ccc2NC(=O)OC(C)(C)C)cc1. The van der Waals surface area contributed by atoms with E-state index in [1.165, 1.54) is 6.26 Å². The molecule has 0 radical (unpaired) electrons. The molecule has 0 aliphatic rings. The molecule has 1 aromatic heterocycles. The van der Waals surface area contributed by atoms with E-state index in [0.29, 0.717) is 22.5 Å². The Labute approximate surface area is 239 Å². The number of hydrogen-bond acceptors (Lipinski definition) is 7. The number of nitrogens with zero attached hydrogens (tertiary/aromatic N) is 1. The van der Waals surface area contributed by atoms with Gasteiger partial charge in [-0.2, -0.15) is 0 Å². The van der Waals surface area contributed by atoms with Gasteiger partial charge in [-0.1, -0.05) is 24.3 Å². The zero-order valence-electron chi connectivity index (χ0n) is 23.7. The van der Waals surface area contributed by atoms with E-state index in [9.17, 15) is 18.6 Å². The molecule has 1 atom stereocenters. The van der Waals surface area contributed by atoms with Crippen molar-refractivity contribution >= 4 is 50.5 Å². The summed E-state index contributed by atoms with van der Waals surface area (Å²) < 4.78 is 27.1. The zero-order valence-corrected chi connectivity index (χ0v) is 25.3. The van der Waals surface area contributed by atoms with Gasteiger partial charge in [-0.3, -0.25) is 10.1 Å². The number of hydrogen-bond donors (Lipinski definition) is 2. The number of benzene rings is 2. The minimum atomic E-state index is -2.90. The quantitative estimate of drug-likeness (QED) is 0.308. The van der Waals surface area contributed by atoms with E-state index in [-0.39, 0.29) is 5.75 Å². The van der Waals surface area contributed by atoms with Crippen LogP contribution in [0.1, 0.15) is 57.5 Å². The van der Waals surface area contributed by atoms with Crippen LogP contribution in [0.25, 0.3) is 10.4 Å². The lowest BCUT2D eigenvalue weighted by Crippen LogP contribution is -2.27. The predicted molar refractivity (Wildman–Crippen MR) is 160 cm³/mol. The first-order valence-electron chi connectivity index (χ1n) is 12.5. The lowest BCUT2D eigenvalue weighted by Gasteiger charge is -2.21. The molecule has 2 aromatic carbocycles. The second kappa shape index (κ2) is 12.2. The molecule has 0 spiro atoms. The number of rotatable bonds is 6. The molecule has 214 valence electrons. The number of amides is 3. The van der Waals surface area contributed by atoms with Crippen LogP contribution in [0.15, 0.2) is 64.3 Å². The summed E-state index contributed by atoms with van der Waals surface area (Å²) in [6.45, 7) is 10.4. The Hall–Kier alpha value is -3.70. The van der Waals surface area contributed by atoms with Gasteiger partial charge in [0, 0.05) is 16.7 Å². The molecule has 2 N–H and O–H groups in total. The Kier molecular flexibility index (Phi) is 9.42. The second-order valence-corrected chi connectivity index (χ2v) is 14.5. The fourth-order valence-electron chi connectivity index (χ4n) is 3.49. The third-order valence-corrected chi connectivity index (χ3v) is 7.34. The largest absolute Gasteiger partial charge is 0.444 e. The maximum Gasteiger partial charge on any atom is 0.442 e. The Morgan fingerprint density at radius 2 is 1.52 bits per heavy atom. The average molecular weight is 586 g/mol. The highest BCUT2D eigenvalue weighted by molar-refractivity contribution is 7.92. The van der Waals surface area contributed by atoms with Crippen LogP contribution >= 0.6 is 11.3 Å². The highest BCUT2D eigenvalue weighted by atomic mass is 32.2. The molecule has 0 bridgehead atoms. The molecular weight excluding hydrogens is 550 g/mol. The van der Waals surface area contributed by atoms with Gasteiger partial charge in [0.1, 0.15) is 11.2 Å². The van der Waals surface area contributed by atoms with E-state index < -0.39 is 39.0 Å². The van der Waals surface area contributed by atoms with Crippen LogP contribution in [0.2, 0.25) is 0 Å². The minimum absolute atomic E-state index is 0.0148. The molecule has 0 aliphatic heterocycles. The van der Waals surface area contributed by atoms with E-state index in [4.69, 9.17) is 9.47 Å². The fraction of sp³-hybridized carbons (Fsp3) is 0.345. The van der Waals surface area contributed by atoms with Crippen LogP contribution in [0, 0.1) is 0 Å². The summed E-state index contributed by atoms with van der Waals surface area (Å²) in [6.07, 6.45) is -0.134. The van der Waals surface area contributed by atoms with Gasteiger partial charge >= 0.3 is 12.2 Å². The van der Waals surface area contributed by atoms with Gasteiger partial charge in [0.05, 0.1) is 26.9 Å². The summed E-state index contributed by atoms with van der Waals surface area (Å²) in [4.78, 5) is 38.6. The number of thiophene rings is 1. The topological polar surface area (TPSA) is 123 Å². The molecule has 0 saturated heterocycles. The van der Waals surface area contributed by atoms with E-state index in [1.54, 1.807) is 89.3 Å². The van der Waals surface area contributed by atoms with Crippen molar-refractivity contribution in [3.05, 3.63) is 71.1 Å². The average Bonchev–Trinajstić information content (AvgIpc) is 3.32. The Morgan fingerprint density at radius 1 is 0.875 bits per heavy atom. The van der Waals surface area contributed by atoms with Gasteiger partial charge in [0.15, 0.2) is 0 Å². The monoisotopic (exact) mass is 585 g/mol. The number of carbonyl (C=O) groups excluding carboxylic acids is 3. The summed E-state index contributed by atoms with van der Waals surface area (Å²) in [7, 11) is -2.90. The normalized spacial score (nSPS) is 13.1. The molecule has 0 fully saturated rings. The molecule has 3 aromatic rings. The summed E-state index contributed by atoms with van der Waals surface area (Å²) in [5, 5.41) is 7.54. The molecule has 1 unspecified atom stereocenters. The van der Waals surface area contributed by atoms with Gasteiger partial charge in [0.2, 0.25) is 0 Å². The van der Waals surface area contributed by atoms with Gasteiger partial charge in [-0.05, 0) is 88.4 Å². The van der Waals surface area contributed by atoms with Crippen LogP contribution in [0.3, 0.4) is 0 Å². The first-order valence-corrected chi connectivity index (χ1v) is 15.5. The third kappa shape index (κ3) is 9.80. The van der Waals surface area contributed by atoms with Crippen molar-refractivity contribution in [3.8, 4) is 10.4 Å². The summed E-state index contributed by atoms with van der Waals surface area (Å²) in [6, 6.07) is 15.8. The lowest BCUT2D eigenvalue weighted by atomic mass is 10.1. The second-order valence-electron chi connectivity index (χ2n) is 11.2. The van der Waals surface area contributed by atoms with Crippen molar-refractivity contribution in [1.82, 2.24) is 0 Å².